The van der Waals surface area contributed by atoms with Crippen molar-refractivity contribution in [2.75, 3.05) is 5.32 Å². The number of amides is 1. The molecule has 2 aromatic heterocycles. The molecule has 0 saturated carbocycles. The van der Waals surface area contributed by atoms with Crippen LogP contribution in [0.25, 0.3) is 11.2 Å². The minimum absolute atomic E-state index is 0.0199. The van der Waals surface area contributed by atoms with E-state index in [9.17, 15) is 18.0 Å². The van der Waals surface area contributed by atoms with Crippen LogP contribution in [0.3, 0.4) is 0 Å². The number of carbonyl (C=O) groups excluding carboxylic acids is 1. The maximum Gasteiger partial charge on any atom is 0.416 e. The molecule has 4 rings (SSSR count). The van der Waals surface area contributed by atoms with E-state index in [1.54, 1.807) is 29.0 Å². The van der Waals surface area contributed by atoms with Gasteiger partial charge in [-0.15, -0.1) is 0 Å². The number of hydrogen-bond acceptors (Lipinski definition) is 4. The fourth-order valence-electron chi connectivity index (χ4n) is 3.34. The number of nitrogens with one attached hydrogen (secondary N) is 1. The molecule has 0 unspecified atom stereocenters. The van der Waals surface area contributed by atoms with E-state index < -0.39 is 11.7 Å². The minimum Gasteiger partial charge on any atom is -0.325 e. The summed E-state index contributed by atoms with van der Waals surface area (Å²) < 4.78 is 40.8. The molecule has 0 spiro atoms. The first kappa shape index (κ1) is 22.8. The topological polar surface area (TPSA) is 59.8 Å². The Morgan fingerprint density at radius 3 is 2.58 bits per heavy atom. The number of imidazole rings is 1. The number of anilines is 1. The Balaban J connectivity index is 1.53. The molecule has 0 aliphatic carbocycles. The Hall–Kier alpha value is -3.33. The van der Waals surface area contributed by atoms with Crippen LogP contribution < -0.4 is 5.32 Å². The molecule has 0 aliphatic heterocycles. The monoisotopic (exact) mass is 470 g/mol. The number of aryl methyl sites for hydroxylation is 1. The predicted molar refractivity (Wildman–Crippen MR) is 123 cm³/mol. The lowest BCUT2D eigenvalue weighted by molar-refractivity contribution is -0.137. The Morgan fingerprint density at radius 1 is 1.06 bits per heavy atom. The van der Waals surface area contributed by atoms with E-state index in [0.717, 1.165) is 18.6 Å². The number of fused-ring (bicyclic) bond motifs is 1. The van der Waals surface area contributed by atoms with Gasteiger partial charge in [-0.2, -0.15) is 13.2 Å². The highest BCUT2D eigenvalue weighted by Gasteiger charge is 2.30. The molecule has 170 valence electrons. The number of carbonyl (C=O) groups is 1. The molecular formula is C24H21F3N4OS. The molecule has 1 amide bonds. The van der Waals surface area contributed by atoms with Crippen LogP contribution in [0, 0.1) is 0 Å². The number of halogens is 3. The van der Waals surface area contributed by atoms with E-state index >= 15 is 0 Å². The summed E-state index contributed by atoms with van der Waals surface area (Å²) >= 11 is 1.26. The number of hydrogen-bond donors (Lipinski definition) is 1. The lowest BCUT2D eigenvalue weighted by atomic mass is 10.1. The van der Waals surface area contributed by atoms with Gasteiger partial charge in [0, 0.05) is 17.6 Å². The largest absolute Gasteiger partial charge is 0.416 e. The van der Waals surface area contributed by atoms with E-state index in [-0.39, 0.29) is 18.2 Å². The summed E-state index contributed by atoms with van der Waals surface area (Å²) in [7, 11) is 0. The first-order valence-corrected chi connectivity index (χ1v) is 11.3. The predicted octanol–water partition coefficient (Wildman–Crippen LogP) is 5.94. The fourth-order valence-corrected chi connectivity index (χ4v) is 4.29. The second-order valence-corrected chi connectivity index (χ2v) is 8.35. The minimum atomic E-state index is -4.40. The molecule has 1 N–H and O–H groups in total. The van der Waals surface area contributed by atoms with Crippen LogP contribution in [0.1, 0.15) is 23.6 Å². The Kier molecular flexibility index (Phi) is 6.69. The summed E-state index contributed by atoms with van der Waals surface area (Å²) in [5, 5.41) is 3.38. The zero-order chi connectivity index (χ0) is 23.4. The summed E-state index contributed by atoms with van der Waals surface area (Å²) in [6, 6.07) is 16.4. The van der Waals surface area contributed by atoms with Crippen molar-refractivity contribution < 1.29 is 18.0 Å². The number of thioether (sulfide) groups is 1. The first-order chi connectivity index (χ1) is 15.8. The Bertz CT molecular complexity index is 1270. The van der Waals surface area contributed by atoms with Crippen molar-refractivity contribution in [3.63, 3.8) is 0 Å². The maximum absolute atomic E-state index is 13.0. The van der Waals surface area contributed by atoms with Crippen molar-refractivity contribution in [1.82, 2.24) is 14.5 Å². The lowest BCUT2D eigenvalue weighted by Crippen LogP contribution is -2.19. The summed E-state index contributed by atoms with van der Waals surface area (Å²) in [5.41, 5.74) is 2.84. The second-order valence-electron chi connectivity index (χ2n) is 7.41. The smallest absolute Gasteiger partial charge is 0.325 e. The maximum atomic E-state index is 13.0. The van der Waals surface area contributed by atoms with E-state index in [1.165, 1.54) is 23.4 Å². The number of alkyl halides is 3. The molecule has 0 bridgehead atoms. The number of aromatic nitrogens is 3. The highest BCUT2D eigenvalue weighted by atomic mass is 32.2. The molecule has 2 heterocycles. The molecule has 33 heavy (non-hydrogen) atoms. The third kappa shape index (κ3) is 5.54. The standard InChI is InChI=1S/C24H21F3N4OS/c1-2-16-8-10-19(11-9-16)29-21(32)14-31-22-20(7-4-12-28-22)30-23(31)33-15-17-5-3-6-18(13-17)24(25,26)27/h3-13H,2,14-15H2,1H3,(H,29,32). The third-order valence-corrected chi connectivity index (χ3v) is 6.09. The van der Waals surface area contributed by atoms with Crippen molar-refractivity contribution in [3.05, 3.63) is 83.6 Å². The van der Waals surface area contributed by atoms with Gasteiger partial charge in [-0.05, 0) is 47.9 Å². The number of benzene rings is 2. The average molecular weight is 471 g/mol. The van der Waals surface area contributed by atoms with Gasteiger partial charge in [0.15, 0.2) is 10.8 Å². The molecule has 4 aromatic rings. The van der Waals surface area contributed by atoms with Crippen LogP contribution >= 0.6 is 11.8 Å². The molecule has 0 atom stereocenters. The van der Waals surface area contributed by atoms with E-state index in [2.05, 4.69) is 22.2 Å². The van der Waals surface area contributed by atoms with Gasteiger partial charge in [0.05, 0.1) is 5.56 Å². The van der Waals surface area contributed by atoms with E-state index in [1.807, 2.05) is 24.3 Å². The van der Waals surface area contributed by atoms with Crippen molar-refractivity contribution in [1.29, 1.82) is 0 Å². The zero-order valence-corrected chi connectivity index (χ0v) is 18.6. The van der Waals surface area contributed by atoms with Crippen LogP contribution in [0.2, 0.25) is 0 Å². The number of pyridine rings is 1. The van der Waals surface area contributed by atoms with Crippen molar-refractivity contribution in [2.24, 2.45) is 0 Å². The quantitative estimate of drug-likeness (QED) is 0.340. The normalized spacial score (nSPS) is 11.6. The van der Waals surface area contributed by atoms with Crippen LogP contribution in [0.4, 0.5) is 18.9 Å². The first-order valence-electron chi connectivity index (χ1n) is 10.3. The van der Waals surface area contributed by atoms with Gasteiger partial charge in [-0.3, -0.25) is 9.36 Å². The lowest BCUT2D eigenvalue weighted by Gasteiger charge is -2.11. The number of rotatable bonds is 7. The van der Waals surface area contributed by atoms with E-state index in [4.69, 9.17) is 0 Å². The van der Waals surface area contributed by atoms with Gasteiger partial charge in [0.2, 0.25) is 5.91 Å². The fraction of sp³-hybridized carbons (Fsp3) is 0.208. The van der Waals surface area contributed by atoms with Crippen molar-refractivity contribution in [3.8, 4) is 0 Å². The summed E-state index contributed by atoms with van der Waals surface area (Å²) in [6.45, 7) is 2.04. The highest BCUT2D eigenvalue weighted by molar-refractivity contribution is 7.98. The molecule has 0 aliphatic rings. The van der Waals surface area contributed by atoms with Crippen LogP contribution in [-0.2, 0) is 29.7 Å². The third-order valence-electron chi connectivity index (χ3n) is 5.04. The Morgan fingerprint density at radius 2 is 1.85 bits per heavy atom. The molecule has 0 saturated heterocycles. The van der Waals surface area contributed by atoms with Crippen LogP contribution in [-0.4, -0.2) is 20.4 Å². The second kappa shape index (κ2) is 9.66. The summed E-state index contributed by atoms with van der Waals surface area (Å²) in [4.78, 5) is 21.6. The van der Waals surface area contributed by atoms with Gasteiger partial charge in [-0.25, -0.2) is 9.97 Å². The molecule has 0 fully saturated rings. The molecule has 5 nitrogen and oxygen atoms in total. The molecule has 0 radical (unpaired) electrons. The van der Waals surface area contributed by atoms with Gasteiger partial charge < -0.3 is 5.32 Å². The van der Waals surface area contributed by atoms with Crippen molar-refractivity contribution in [2.45, 2.75) is 37.0 Å². The SMILES string of the molecule is CCc1ccc(NC(=O)Cn2c(SCc3cccc(C(F)(F)F)c3)nc3cccnc32)cc1. The van der Waals surface area contributed by atoms with Crippen molar-refractivity contribution >= 4 is 34.5 Å². The van der Waals surface area contributed by atoms with Crippen LogP contribution in [0.15, 0.2) is 72.0 Å². The van der Waals surface area contributed by atoms with Crippen LogP contribution in [0.5, 0.6) is 0 Å². The van der Waals surface area contributed by atoms with Gasteiger partial charge >= 0.3 is 6.18 Å². The van der Waals surface area contributed by atoms with E-state index in [0.29, 0.717) is 27.6 Å². The van der Waals surface area contributed by atoms with Gasteiger partial charge in [0.25, 0.3) is 0 Å². The Labute approximate surface area is 193 Å². The highest BCUT2D eigenvalue weighted by Crippen LogP contribution is 2.31. The molecule has 9 heteroatoms. The molecular weight excluding hydrogens is 449 g/mol. The van der Waals surface area contributed by atoms with Gasteiger partial charge in [0.1, 0.15) is 12.1 Å². The zero-order valence-electron chi connectivity index (χ0n) is 17.8. The molecule has 2 aromatic carbocycles. The van der Waals surface area contributed by atoms with Gasteiger partial charge in [-0.1, -0.05) is 49.0 Å². The summed E-state index contributed by atoms with van der Waals surface area (Å²) in [5.74, 6) is 0.0259. The summed E-state index contributed by atoms with van der Waals surface area (Å²) in [6.07, 6.45) is -1.87. The average Bonchev–Trinajstić information content (AvgIpc) is 3.15. The number of nitrogens with zero attached hydrogens (tertiary/aromatic N) is 3.